The van der Waals surface area contributed by atoms with E-state index < -0.39 is 120 Å². The van der Waals surface area contributed by atoms with Crippen molar-refractivity contribution in [1.29, 1.82) is 0 Å². The fourth-order valence-corrected chi connectivity index (χ4v) is 3.23. The molecule has 5 rings (SSSR count). The minimum absolute atomic E-state index is 0.0441. The molecule has 174 valence electrons. The highest BCUT2D eigenvalue weighted by Gasteiger charge is 2.34. The van der Waals surface area contributed by atoms with Crippen LogP contribution in [0, 0.1) is 0 Å². The Kier molecular flexibility index (Phi) is 2.55. The van der Waals surface area contributed by atoms with Crippen molar-refractivity contribution in [2.75, 3.05) is 29.9 Å². The van der Waals surface area contributed by atoms with Gasteiger partial charge < -0.3 is 20.3 Å². The van der Waals surface area contributed by atoms with Crippen LogP contribution < -0.4 is 20.3 Å². The van der Waals surface area contributed by atoms with Crippen molar-refractivity contribution in [3.8, 4) is 11.4 Å². The number of aromatic nitrogens is 2. The van der Waals surface area contributed by atoms with Crippen molar-refractivity contribution in [3.63, 3.8) is 0 Å². The summed E-state index contributed by atoms with van der Waals surface area (Å²) in [6, 6.07) is 0.298. The van der Waals surface area contributed by atoms with E-state index in [9.17, 15) is 14.4 Å². The molecule has 0 spiro atoms. The maximum absolute atomic E-state index is 14.2. The van der Waals surface area contributed by atoms with E-state index >= 15 is 0 Å². The van der Waals surface area contributed by atoms with Gasteiger partial charge in [-0.3, -0.25) is 14.4 Å². The van der Waals surface area contributed by atoms with Crippen LogP contribution in [0.25, 0.3) is 5.69 Å². The summed E-state index contributed by atoms with van der Waals surface area (Å²) in [6.45, 7) is -6.89. The number of primary amides is 1. The van der Waals surface area contributed by atoms with Crippen molar-refractivity contribution in [2.45, 2.75) is 25.5 Å². The number of carbonyl (C=O) groups is 3. The number of fused-ring (bicyclic) bond motifs is 1. The van der Waals surface area contributed by atoms with E-state index in [0.29, 0.717) is 4.68 Å². The van der Waals surface area contributed by atoms with Crippen LogP contribution in [0.2, 0.25) is 0 Å². The van der Waals surface area contributed by atoms with E-state index in [4.69, 9.17) is 32.4 Å². The Labute approximate surface area is 219 Å². The molecule has 0 unspecified atom stereocenters. The van der Waals surface area contributed by atoms with E-state index in [2.05, 4.69) is 5.10 Å². The lowest BCUT2D eigenvalue weighted by Crippen LogP contribution is -2.39. The van der Waals surface area contributed by atoms with Crippen molar-refractivity contribution in [2.24, 2.45) is 5.73 Å². The predicted octanol–water partition coefficient (Wildman–Crippen LogP) is 2.70. The predicted molar refractivity (Wildman–Crippen MR) is 127 cm³/mol. The van der Waals surface area contributed by atoms with Gasteiger partial charge in [0.2, 0.25) is 5.91 Å². The molecule has 0 saturated carbocycles. The molecular weight excluding hydrogens is 434 g/mol. The van der Waals surface area contributed by atoms with Gasteiger partial charge >= 0.3 is 0 Å². The molecule has 3 heterocycles. The Bertz CT molecular complexity index is 1970. The van der Waals surface area contributed by atoms with Gasteiger partial charge in [0, 0.05) is 50.0 Å². The SMILES string of the molecule is [2H]c1c([2H])c(-n2nc(C(N)=O)c3c2C(=O)N(c2ccc(N4C(=O)C([2H])([2H])C([2H])([2H])C([2H])([2H])C4([2H])[2H])cc2)C([2H])([2H])C3([2H])[2H])c([2H])c([2H])c1OC. The van der Waals surface area contributed by atoms with Crippen molar-refractivity contribution >= 4 is 29.1 Å². The smallest absolute Gasteiger partial charge is 0.277 e. The summed E-state index contributed by atoms with van der Waals surface area (Å²) in [5, 5.41) is 3.85. The molecule has 2 aliphatic heterocycles. The molecule has 0 radical (unpaired) electrons. The van der Waals surface area contributed by atoms with Crippen LogP contribution in [0.4, 0.5) is 11.4 Å². The Morgan fingerprint density at radius 2 is 1.68 bits per heavy atom. The van der Waals surface area contributed by atoms with Crippen molar-refractivity contribution in [1.82, 2.24) is 9.78 Å². The average Bonchev–Trinajstić information content (AvgIpc) is 3.41. The fraction of sp³-hybridized carbons (Fsp3) is 0.280. The van der Waals surface area contributed by atoms with Gasteiger partial charge in [-0.1, -0.05) is 0 Å². The molecule has 9 heteroatoms. The number of anilines is 2. The second kappa shape index (κ2) is 8.66. The topological polar surface area (TPSA) is 111 Å². The van der Waals surface area contributed by atoms with E-state index in [1.165, 1.54) is 0 Å². The van der Waals surface area contributed by atoms with E-state index in [0.717, 1.165) is 31.4 Å². The summed E-state index contributed by atoms with van der Waals surface area (Å²) >= 11 is 0. The summed E-state index contributed by atoms with van der Waals surface area (Å²) in [4.78, 5) is 40.1. The number of nitrogens with two attached hydrogens (primary N) is 1. The van der Waals surface area contributed by atoms with E-state index in [1.807, 2.05) is 0 Å². The Morgan fingerprint density at radius 3 is 2.32 bits per heavy atom. The number of hydrogen-bond donors (Lipinski definition) is 1. The number of amides is 3. The highest BCUT2D eigenvalue weighted by atomic mass is 16.5. The largest absolute Gasteiger partial charge is 0.497 e. The molecule has 1 saturated heterocycles. The van der Waals surface area contributed by atoms with Crippen molar-refractivity contribution < 1.29 is 41.1 Å². The Morgan fingerprint density at radius 1 is 1.00 bits per heavy atom. The lowest BCUT2D eigenvalue weighted by atomic mass is 10.0. The zero-order valence-electron chi connectivity index (χ0n) is 33.3. The van der Waals surface area contributed by atoms with Crippen LogP contribution in [0.3, 0.4) is 0 Å². The molecule has 34 heavy (non-hydrogen) atoms. The lowest BCUT2D eigenvalue weighted by molar-refractivity contribution is -0.119. The summed E-state index contributed by atoms with van der Waals surface area (Å²) in [6.07, 6.45) is -14.2. The van der Waals surface area contributed by atoms with Gasteiger partial charge in [0.05, 0.1) is 21.0 Å². The third kappa shape index (κ3) is 3.68. The summed E-state index contributed by atoms with van der Waals surface area (Å²) < 4.78 is 138. The number of carbonyl (C=O) groups excluding carboxylic acids is 3. The average molecular weight is 476 g/mol. The third-order valence-electron chi connectivity index (χ3n) is 4.79. The quantitative estimate of drug-likeness (QED) is 0.610. The number of nitrogens with zero attached hydrogens (tertiary/aromatic N) is 4. The first-order valence-electron chi connectivity index (χ1n) is 17.5. The zero-order valence-corrected chi connectivity index (χ0v) is 17.3. The minimum Gasteiger partial charge on any atom is -0.497 e. The van der Waals surface area contributed by atoms with Gasteiger partial charge in [-0.25, -0.2) is 4.68 Å². The number of rotatable bonds is 5. The van der Waals surface area contributed by atoms with Gasteiger partial charge in [-0.15, -0.1) is 0 Å². The molecule has 2 N–H and O–H groups in total. The van der Waals surface area contributed by atoms with Crippen LogP contribution in [0.1, 0.15) is 67.6 Å². The van der Waals surface area contributed by atoms with Gasteiger partial charge in [0.15, 0.2) is 5.69 Å². The first-order chi connectivity index (χ1) is 22.7. The summed E-state index contributed by atoms with van der Waals surface area (Å²) in [5.74, 6) is -5.15. The van der Waals surface area contributed by atoms with Crippen LogP contribution in [0.15, 0.2) is 48.4 Å². The molecule has 0 atom stereocenters. The number of methoxy groups -OCH3 is 1. The van der Waals surface area contributed by atoms with Crippen molar-refractivity contribution in [3.05, 3.63) is 65.4 Å². The molecule has 1 fully saturated rings. The number of benzene rings is 2. The monoisotopic (exact) mass is 475 g/mol. The number of piperidine rings is 1. The maximum Gasteiger partial charge on any atom is 0.277 e. The normalized spacial score (nSPS) is 31.7. The molecule has 0 aliphatic carbocycles. The van der Waals surface area contributed by atoms with Crippen LogP contribution in [0.5, 0.6) is 5.75 Å². The second-order valence-electron chi connectivity index (χ2n) is 6.75. The van der Waals surface area contributed by atoms with Gasteiger partial charge in [0.25, 0.3) is 11.8 Å². The molecule has 1 aromatic heterocycles. The molecule has 3 aromatic rings. The van der Waals surface area contributed by atoms with Gasteiger partial charge in [-0.05, 0) is 67.6 Å². The van der Waals surface area contributed by atoms with Gasteiger partial charge in [-0.2, -0.15) is 5.10 Å². The molecule has 9 nitrogen and oxygen atoms in total. The third-order valence-corrected chi connectivity index (χ3v) is 4.79. The van der Waals surface area contributed by atoms with E-state index in [1.54, 1.807) is 0 Å². The standard InChI is InChI=1S/C25H25N5O4/c1-34-19-11-9-18(10-12-19)30-23-20(22(27-30)24(26)32)13-15-29(25(23)33)17-7-5-16(6-8-17)28-14-3-2-4-21(28)31/h5-12H,2-4,13-15H2,1H3,(H2,26,32)/i2D2,3D2,4D2,9D,10D,11D,12D,13D2,14D2,15D2. The Balaban J connectivity index is 1.73. The molecule has 2 aromatic carbocycles. The first-order valence-corrected chi connectivity index (χ1v) is 9.55. The highest BCUT2D eigenvalue weighted by molar-refractivity contribution is 6.09. The van der Waals surface area contributed by atoms with Crippen LogP contribution in [-0.4, -0.2) is 47.6 Å². The van der Waals surface area contributed by atoms with E-state index in [-0.39, 0.29) is 9.80 Å². The van der Waals surface area contributed by atoms with Crippen LogP contribution >= 0.6 is 0 Å². The lowest BCUT2D eigenvalue weighted by Gasteiger charge is -2.29. The van der Waals surface area contributed by atoms with Crippen LogP contribution in [-0.2, 0) is 11.2 Å². The summed E-state index contributed by atoms with van der Waals surface area (Å²) in [5.41, 5.74) is 0.794. The second-order valence-corrected chi connectivity index (χ2v) is 6.75. The van der Waals surface area contributed by atoms with Gasteiger partial charge in [0.1, 0.15) is 11.4 Å². The molecule has 2 aliphatic rings. The minimum atomic E-state index is -3.63. The molecular formula is C25H25N5O4. The maximum atomic E-state index is 14.2. The first kappa shape index (κ1) is 10.0. The zero-order chi connectivity index (χ0) is 38.1. The highest BCUT2D eigenvalue weighted by Crippen LogP contribution is 2.31. The fourth-order valence-electron chi connectivity index (χ4n) is 3.23. The molecule has 0 bridgehead atoms. The number of hydrogen-bond acceptors (Lipinski definition) is 5. The summed E-state index contributed by atoms with van der Waals surface area (Å²) in [7, 11) is 1.08. The number of ether oxygens (including phenoxy) is 1. The molecule has 3 amide bonds. The Hall–Kier alpha value is -4.14.